The van der Waals surface area contributed by atoms with Crippen LogP contribution in [0.15, 0.2) is 0 Å². The van der Waals surface area contributed by atoms with Crippen molar-refractivity contribution < 1.29 is 9.53 Å². The molecule has 0 aliphatic carbocycles. The summed E-state index contributed by atoms with van der Waals surface area (Å²) >= 11 is 3.42. The largest absolute Gasteiger partial charge is 0.468 e. The first-order chi connectivity index (χ1) is 9.63. The van der Waals surface area contributed by atoms with Crippen molar-refractivity contribution in [3.63, 3.8) is 0 Å². The first kappa shape index (κ1) is 19.9. The van der Waals surface area contributed by atoms with E-state index in [1.807, 2.05) is 0 Å². The van der Waals surface area contributed by atoms with Crippen LogP contribution in [0.4, 0.5) is 0 Å². The number of hydrogen-bond acceptors (Lipinski definition) is 2. The van der Waals surface area contributed by atoms with Crippen LogP contribution in [0.1, 0.15) is 84.5 Å². The van der Waals surface area contributed by atoms with Crippen LogP contribution in [0.5, 0.6) is 0 Å². The molecule has 0 aromatic rings. The summed E-state index contributed by atoms with van der Waals surface area (Å²) in [6.07, 6.45) is 14.7. The molecular formula is C17H33BrO2. The van der Waals surface area contributed by atoms with Crippen LogP contribution in [-0.4, -0.2) is 17.9 Å². The van der Waals surface area contributed by atoms with Crippen molar-refractivity contribution in [3.05, 3.63) is 0 Å². The number of esters is 1. The quantitative estimate of drug-likeness (QED) is 0.236. The smallest absolute Gasteiger partial charge is 0.319 e. The molecule has 0 rings (SSSR count). The zero-order valence-electron chi connectivity index (χ0n) is 13.6. The first-order valence-electron chi connectivity index (χ1n) is 8.35. The van der Waals surface area contributed by atoms with Gasteiger partial charge in [0.05, 0.1) is 7.11 Å². The van der Waals surface area contributed by atoms with Gasteiger partial charge in [0.2, 0.25) is 0 Å². The van der Waals surface area contributed by atoms with Gasteiger partial charge in [-0.25, -0.2) is 0 Å². The summed E-state index contributed by atoms with van der Waals surface area (Å²) in [6.45, 7) is 4.38. The van der Waals surface area contributed by atoms with E-state index in [0.717, 1.165) is 6.42 Å². The van der Waals surface area contributed by atoms with E-state index in [-0.39, 0.29) is 10.8 Å². The third kappa shape index (κ3) is 10.7. The molecule has 0 aliphatic heterocycles. The molecule has 120 valence electrons. The fourth-order valence-corrected chi connectivity index (χ4v) is 2.90. The highest BCUT2D eigenvalue weighted by atomic mass is 79.9. The normalized spacial score (nSPS) is 14.0. The molecule has 0 aliphatic rings. The Morgan fingerprint density at radius 2 is 1.40 bits per heavy atom. The molecule has 0 spiro atoms. The van der Waals surface area contributed by atoms with Gasteiger partial charge in [-0.15, -0.1) is 0 Å². The molecule has 0 bridgehead atoms. The van der Waals surface area contributed by atoms with Crippen molar-refractivity contribution in [1.82, 2.24) is 0 Å². The highest BCUT2D eigenvalue weighted by molar-refractivity contribution is 9.10. The summed E-state index contributed by atoms with van der Waals surface area (Å²) in [4.78, 5) is 11.2. The molecule has 0 aromatic heterocycles. The van der Waals surface area contributed by atoms with E-state index < -0.39 is 0 Å². The number of rotatable bonds is 13. The maximum absolute atomic E-state index is 11.4. The SMILES string of the molecule is CCCCCCCCCCCCC(C)C(Br)C(=O)OC. The average molecular weight is 349 g/mol. The van der Waals surface area contributed by atoms with Crippen molar-refractivity contribution in [3.8, 4) is 0 Å². The van der Waals surface area contributed by atoms with E-state index in [0.29, 0.717) is 5.92 Å². The van der Waals surface area contributed by atoms with Crippen LogP contribution in [-0.2, 0) is 9.53 Å². The van der Waals surface area contributed by atoms with E-state index in [2.05, 4.69) is 29.8 Å². The molecule has 0 saturated carbocycles. The lowest BCUT2D eigenvalue weighted by Gasteiger charge is -2.15. The Kier molecular flexibility index (Phi) is 13.9. The molecule has 0 N–H and O–H groups in total. The number of unbranched alkanes of at least 4 members (excludes halogenated alkanes) is 9. The molecule has 2 unspecified atom stereocenters. The third-order valence-corrected chi connectivity index (χ3v) is 5.22. The van der Waals surface area contributed by atoms with Crippen LogP contribution < -0.4 is 0 Å². The summed E-state index contributed by atoms with van der Waals surface area (Å²) in [6, 6.07) is 0. The minimum absolute atomic E-state index is 0.147. The fraction of sp³-hybridized carbons (Fsp3) is 0.941. The van der Waals surface area contributed by atoms with Gasteiger partial charge < -0.3 is 4.74 Å². The molecule has 0 saturated heterocycles. The Balaban J connectivity index is 3.33. The number of ether oxygens (including phenoxy) is 1. The number of carbonyl (C=O) groups excluding carboxylic acids is 1. The Morgan fingerprint density at radius 1 is 0.950 bits per heavy atom. The predicted molar refractivity (Wildman–Crippen MR) is 90.4 cm³/mol. The number of hydrogen-bond donors (Lipinski definition) is 0. The zero-order chi connectivity index (χ0) is 15.2. The van der Waals surface area contributed by atoms with Gasteiger partial charge in [0, 0.05) is 0 Å². The number of halogens is 1. The minimum Gasteiger partial charge on any atom is -0.468 e. The lowest BCUT2D eigenvalue weighted by Crippen LogP contribution is -2.23. The van der Waals surface area contributed by atoms with Crippen LogP contribution in [0, 0.1) is 5.92 Å². The van der Waals surface area contributed by atoms with Crippen LogP contribution in [0.25, 0.3) is 0 Å². The van der Waals surface area contributed by atoms with Crippen molar-refractivity contribution in [2.75, 3.05) is 7.11 Å². The maximum atomic E-state index is 11.4. The Hall–Kier alpha value is -0.0500. The Bertz CT molecular complexity index is 231. The maximum Gasteiger partial charge on any atom is 0.319 e. The van der Waals surface area contributed by atoms with Crippen LogP contribution in [0.3, 0.4) is 0 Å². The monoisotopic (exact) mass is 348 g/mol. The van der Waals surface area contributed by atoms with Gasteiger partial charge in [-0.3, -0.25) is 4.79 Å². The standard InChI is InChI=1S/C17H33BrO2/c1-4-5-6-7-8-9-10-11-12-13-14-15(2)16(18)17(19)20-3/h15-16H,4-14H2,1-3H3. The molecule has 3 heteroatoms. The summed E-state index contributed by atoms with van der Waals surface area (Å²) in [5.74, 6) is 0.209. The van der Waals surface area contributed by atoms with E-state index in [9.17, 15) is 4.79 Å². The topological polar surface area (TPSA) is 26.3 Å². The van der Waals surface area contributed by atoms with E-state index in [1.54, 1.807) is 0 Å². The third-order valence-electron chi connectivity index (χ3n) is 3.94. The number of carbonyl (C=O) groups is 1. The predicted octanol–water partition coefficient (Wildman–Crippen LogP) is 5.87. The Labute approximate surface area is 134 Å². The van der Waals surface area contributed by atoms with E-state index >= 15 is 0 Å². The van der Waals surface area contributed by atoms with Crippen molar-refractivity contribution in [1.29, 1.82) is 0 Å². The highest BCUT2D eigenvalue weighted by Gasteiger charge is 2.21. The second-order valence-corrected chi connectivity index (χ2v) is 6.86. The van der Waals surface area contributed by atoms with Gasteiger partial charge in [-0.1, -0.05) is 94.0 Å². The van der Waals surface area contributed by atoms with Crippen molar-refractivity contribution in [2.45, 2.75) is 89.3 Å². The molecule has 0 radical (unpaired) electrons. The molecule has 2 atom stereocenters. The zero-order valence-corrected chi connectivity index (χ0v) is 15.2. The summed E-state index contributed by atoms with van der Waals surface area (Å²) < 4.78 is 4.75. The van der Waals surface area contributed by atoms with E-state index in [4.69, 9.17) is 4.74 Å². The van der Waals surface area contributed by atoms with Crippen molar-refractivity contribution in [2.24, 2.45) is 5.92 Å². The van der Waals surface area contributed by atoms with Gasteiger partial charge in [0.15, 0.2) is 0 Å². The number of alkyl halides is 1. The second kappa shape index (κ2) is 13.9. The van der Waals surface area contributed by atoms with Crippen molar-refractivity contribution >= 4 is 21.9 Å². The summed E-state index contributed by atoms with van der Waals surface area (Å²) in [5, 5.41) is 0. The lowest BCUT2D eigenvalue weighted by atomic mass is 9.98. The lowest BCUT2D eigenvalue weighted by molar-refractivity contribution is -0.140. The molecule has 0 fully saturated rings. The molecule has 20 heavy (non-hydrogen) atoms. The molecule has 0 amide bonds. The average Bonchev–Trinajstić information content (AvgIpc) is 2.47. The van der Waals surface area contributed by atoms with Gasteiger partial charge in [-0.05, 0) is 12.3 Å². The minimum atomic E-state index is -0.149. The van der Waals surface area contributed by atoms with Gasteiger partial charge >= 0.3 is 5.97 Å². The first-order valence-corrected chi connectivity index (χ1v) is 9.27. The van der Waals surface area contributed by atoms with Crippen LogP contribution in [0.2, 0.25) is 0 Å². The fourth-order valence-electron chi connectivity index (χ4n) is 2.44. The molecule has 2 nitrogen and oxygen atoms in total. The van der Waals surface area contributed by atoms with Crippen LogP contribution >= 0.6 is 15.9 Å². The number of methoxy groups -OCH3 is 1. The Morgan fingerprint density at radius 3 is 1.85 bits per heavy atom. The highest BCUT2D eigenvalue weighted by Crippen LogP contribution is 2.21. The second-order valence-electron chi connectivity index (χ2n) is 5.87. The van der Waals surface area contributed by atoms with E-state index in [1.165, 1.54) is 71.3 Å². The molecular weight excluding hydrogens is 316 g/mol. The van der Waals surface area contributed by atoms with Gasteiger partial charge in [-0.2, -0.15) is 0 Å². The van der Waals surface area contributed by atoms with Gasteiger partial charge in [0.25, 0.3) is 0 Å². The molecule has 0 aromatic carbocycles. The summed E-state index contributed by atoms with van der Waals surface area (Å²) in [5.41, 5.74) is 0. The summed E-state index contributed by atoms with van der Waals surface area (Å²) in [7, 11) is 1.45. The van der Waals surface area contributed by atoms with Gasteiger partial charge in [0.1, 0.15) is 4.83 Å². The molecule has 0 heterocycles.